The third-order valence-electron chi connectivity index (χ3n) is 2.61. The number of nitrogens with zero attached hydrogens (tertiary/aromatic N) is 2. The number of benzene rings is 1. The van der Waals surface area contributed by atoms with Crippen LogP contribution in [0, 0.1) is 5.82 Å². The van der Waals surface area contributed by atoms with E-state index in [1.54, 1.807) is 10.7 Å². The number of hydrogen-bond donors (Lipinski definition) is 0. The van der Waals surface area contributed by atoms with Gasteiger partial charge in [0.15, 0.2) is 0 Å². The molecule has 0 N–H and O–H groups in total. The largest absolute Gasteiger partial charge is 0.487 e. The van der Waals surface area contributed by atoms with Gasteiger partial charge in [-0.15, -0.1) is 0 Å². The summed E-state index contributed by atoms with van der Waals surface area (Å²) in [5.74, 6) is 0.180. The maximum absolute atomic E-state index is 13.2. The average Bonchev–Trinajstić information content (AvgIpc) is 2.66. The molecule has 0 saturated heterocycles. The summed E-state index contributed by atoms with van der Waals surface area (Å²) in [5.41, 5.74) is 1.99. The van der Waals surface area contributed by atoms with E-state index in [0.29, 0.717) is 16.8 Å². The first-order valence-electron chi connectivity index (χ1n) is 5.69. The van der Waals surface area contributed by atoms with E-state index in [9.17, 15) is 4.39 Å². The Morgan fingerprint density at radius 3 is 2.72 bits per heavy atom. The fourth-order valence-corrected chi connectivity index (χ4v) is 2.09. The van der Waals surface area contributed by atoms with Crippen molar-refractivity contribution in [1.82, 2.24) is 9.78 Å². The summed E-state index contributed by atoms with van der Waals surface area (Å²) in [6, 6.07) is 6.49. The average molecular weight is 313 g/mol. The van der Waals surface area contributed by atoms with Crippen molar-refractivity contribution in [3.8, 4) is 5.75 Å². The van der Waals surface area contributed by atoms with E-state index in [2.05, 4.69) is 28.0 Å². The highest BCUT2D eigenvalue weighted by Crippen LogP contribution is 2.21. The van der Waals surface area contributed by atoms with Crippen LogP contribution in [0.2, 0.25) is 0 Å². The minimum absolute atomic E-state index is 0.321. The third-order valence-corrected chi connectivity index (χ3v) is 3.07. The van der Waals surface area contributed by atoms with Crippen LogP contribution in [0.4, 0.5) is 4.39 Å². The molecule has 0 amide bonds. The van der Waals surface area contributed by atoms with Gasteiger partial charge in [0.2, 0.25) is 0 Å². The summed E-state index contributed by atoms with van der Waals surface area (Å²) >= 11 is 3.23. The van der Waals surface area contributed by atoms with Crippen LogP contribution >= 0.6 is 15.9 Å². The summed E-state index contributed by atoms with van der Waals surface area (Å²) < 4.78 is 21.2. The first kappa shape index (κ1) is 13.1. The lowest BCUT2D eigenvalue weighted by Crippen LogP contribution is -2.03. The molecule has 0 unspecified atom stereocenters. The molecule has 0 aliphatic carbocycles. The Morgan fingerprint density at radius 1 is 1.33 bits per heavy atom. The second kappa shape index (κ2) is 5.52. The molecule has 0 bridgehead atoms. The molecule has 18 heavy (non-hydrogen) atoms. The standard InChI is InChI=1S/C13H14BrFN2O/c1-3-11-7-12(17(2)16-11)8-18-13-5-9(14)4-10(15)6-13/h4-7H,3,8H2,1-2H3. The van der Waals surface area contributed by atoms with E-state index in [0.717, 1.165) is 17.8 Å². The molecular formula is C13H14BrFN2O. The van der Waals surface area contributed by atoms with Gasteiger partial charge in [0.05, 0.1) is 11.4 Å². The van der Waals surface area contributed by atoms with Gasteiger partial charge in [0.25, 0.3) is 0 Å². The fourth-order valence-electron chi connectivity index (χ4n) is 1.65. The molecule has 3 nitrogen and oxygen atoms in total. The lowest BCUT2D eigenvalue weighted by molar-refractivity contribution is 0.293. The summed E-state index contributed by atoms with van der Waals surface area (Å²) in [7, 11) is 1.87. The van der Waals surface area contributed by atoms with Gasteiger partial charge < -0.3 is 4.74 Å². The van der Waals surface area contributed by atoms with Crippen molar-refractivity contribution >= 4 is 15.9 Å². The van der Waals surface area contributed by atoms with Crippen molar-refractivity contribution in [3.63, 3.8) is 0 Å². The first-order valence-corrected chi connectivity index (χ1v) is 6.48. The summed E-state index contributed by atoms with van der Waals surface area (Å²) in [6.07, 6.45) is 0.888. The number of ether oxygens (including phenoxy) is 1. The van der Waals surface area contributed by atoms with Gasteiger partial charge in [-0.2, -0.15) is 5.10 Å². The van der Waals surface area contributed by atoms with Crippen LogP contribution in [0.25, 0.3) is 0 Å². The fraction of sp³-hybridized carbons (Fsp3) is 0.308. The predicted octanol–water partition coefficient (Wildman–Crippen LogP) is 3.46. The second-order valence-corrected chi connectivity index (χ2v) is 4.91. The Bertz CT molecular complexity index is 534. The Balaban J connectivity index is 2.08. The van der Waals surface area contributed by atoms with Gasteiger partial charge in [0, 0.05) is 17.6 Å². The monoisotopic (exact) mass is 312 g/mol. The zero-order chi connectivity index (χ0) is 13.1. The van der Waals surface area contributed by atoms with Crippen LogP contribution in [0.1, 0.15) is 18.3 Å². The molecule has 2 rings (SSSR count). The lowest BCUT2D eigenvalue weighted by Gasteiger charge is -2.06. The zero-order valence-corrected chi connectivity index (χ0v) is 11.9. The summed E-state index contributed by atoms with van der Waals surface area (Å²) in [5, 5.41) is 4.33. The predicted molar refractivity (Wildman–Crippen MR) is 71.0 cm³/mol. The second-order valence-electron chi connectivity index (χ2n) is 4.00. The Hall–Kier alpha value is -1.36. The van der Waals surface area contributed by atoms with Crippen molar-refractivity contribution in [2.45, 2.75) is 20.0 Å². The van der Waals surface area contributed by atoms with E-state index >= 15 is 0 Å². The van der Waals surface area contributed by atoms with E-state index < -0.39 is 0 Å². The van der Waals surface area contributed by atoms with Crippen LogP contribution in [-0.2, 0) is 20.1 Å². The molecule has 1 heterocycles. The Labute approximate surface area is 114 Å². The zero-order valence-electron chi connectivity index (χ0n) is 10.3. The molecule has 0 saturated carbocycles. The minimum atomic E-state index is -0.321. The molecule has 0 spiro atoms. The van der Waals surface area contributed by atoms with Gasteiger partial charge in [-0.3, -0.25) is 4.68 Å². The van der Waals surface area contributed by atoms with Crippen LogP contribution in [-0.4, -0.2) is 9.78 Å². The summed E-state index contributed by atoms with van der Waals surface area (Å²) in [6.45, 7) is 2.43. The van der Waals surface area contributed by atoms with E-state index in [4.69, 9.17) is 4.74 Å². The highest BCUT2D eigenvalue weighted by Gasteiger charge is 2.05. The molecule has 0 aliphatic rings. The van der Waals surface area contributed by atoms with Crippen LogP contribution in [0.3, 0.4) is 0 Å². The number of hydrogen-bond acceptors (Lipinski definition) is 2. The topological polar surface area (TPSA) is 27.1 Å². The van der Waals surface area contributed by atoms with E-state index in [-0.39, 0.29) is 5.82 Å². The molecule has 0 fully saturated rings. The molecule has 96 valence electrons. The number of halogens is 2. The highest BCUT2D eigenvalue weighted by molar-refractivity contribution is 9.10. The Kier molecular flexibility index (Phi) is 4.01. The van der Waals surface area contributed by atoms with Crippen LogP contribution in [0.5, 0.6) is 5.75 Å². The van der Waals surface area contributed by atoms with Crippen molar-refractivity contribution < 1.29 is 9.13 Å². The molecule has 1 aromatic carbocycles. The molecule has 0 radical (unpaired) electrons. The van der Waals surface area contributed by atoms with Crippen LogP contribution in [0.15, 0.2) is 28.7 Å². The number of rotatable bonds is 4. The molecule has 1 aromatic heterocycles. The quantitative estimate of drug-likeness (QED) is 0.864. The molecule has 2 aromatic rings. The smallest absolute Gasteiger partial charge is 0.130 e. The van der Waals surface area contributed by atoms with Crippen LogP contribution < -0.4 is 4.74 Å². The minimum Gasteiger partial charge on any atom is -0.487 e. The first-order chi connectivity index (χ1) is 8.58. The lowest BCUT2D eigenvalue weighted by atomic mass is 10.3. The van der Waals surface area contributed by atoms with Crippen molar-refractivity contribution in [2.75, 3.05) is 0 Å². The van der Waals surface area contributed by atoms with Gasteiger partial charge in [-0.05, 0) is 24.6 Å². The van der Waals surface area contributed by atoms with Crippen molar-refractivity contribution in [2.24, 2.45) is 7.05 Å². The van der Waals surface area contributed by atoms with Gasteiger partial charge in [-0.1, -0.05) is 22.9 Å². The highest BCUT2D eigenvalue weighted by atomic mass is 79.9. The summed E-state index contributed by atoms with van der Waals surface area (Å²) in [4.78, 5) is 0. The maximum atomic E-state index is 13.2. The van der Waals surface area contributed by atoms with Gasteiger partial charge in [0.1, 0.15) is 18.2 Å². The van der Waals surface area contributed by atoms with Crippen molar-refractivity contribution in [1.29, 1.82) is 0 Å². The maximum Gasteiger partial charge on any atom is 0.130 e. The Morgan fingerprint density at radius 2 is 2.11 bits per heavy atom. The van der Waals surface area contributed by atoms with Gasteiger partial charge in [-0.25, -0.2) is 4.39 Å². The molecule has 0 atom stereocenters. The van der Waals surface area contributed by atoms with Gasteiger partial charge >= 0.3 is 0 Å². The number of aromatic nitrogens is 2. The SMILES string of the molecule is CCc1cc(COc2cc(F)cc(Br)c2)n(C)n1. The van der Waals surface area contributed by atoms with E-state index in [1.165, 1.54) is 12.1 Å². The normalized spacial score (nSPS) is 10.7. The molecular weight excluding hydrogens is 299 g/mol. The van der Waals surface area contributed by atoms with E-state index in [1.807, 2.05) is 13.1 Å². The molecule has 0 aliphatic heterocycles. The van der Waals surface area contributed by atoms with Crippen molar-refractivity contribution in [3.05, 3.63) is 45.9 Å². The third kappa shape index (κ3) is 3.10. The molecule has 5 heteroatoms. The number of aryl methyl sites for hydroxylation is 2.